The van der Waals surface area contributed by atoms with Crippen LogP contribution in [0.2, 0.25) is 0 Å². The van der Waals surface area contributed by atoms with Crippen LogP contribution in [0, 0.1) is 0 Å². The van der Waals surface area contributed by atoms with Crippen LogP contribution in [-0.4, -0.2) is 30.9 Å². The van der Waals surface area contributed by atoms with Crippen LogP contribution < -0.4 is 10.1 Å². The highest BCUT2D eigenvalue weighted by Gasteiger charge is 2.14. The van der Waals surface area contributed by atoms with E-state index in [1.54, 1.807) is 31.1 Å². The first kappa shape index (κ1) is 16.4. The molecular formula is C20H24N2O2. The number of rotatable bonds is 5. The van der Waals surface area contributed by atoms with Crippen molar-refractivity contribution in [2.24, 2.45) is 0 Å². The van der Waals surface area contributed by atoms with Crippen LogP contribution in [-0.2, 0) is 0 Å². The molecule has 0 spiro atoms. The maximum Gasteiger partial charge on any atom is 0.253 e. The fraction of sp³-hybridized carbons (Fsp3) is 0.350. The summed E-state index contributed by atoms with van der Waals surface area (Å²) in [5.41, 5.74) is 1.75. The molecule has 0 heterocycles. The molecular weight excluding hydrogens is 300 g/mol. The molecule has 0 saturated heterocycles. The summed E-state index contributed by atoms with van der Waals surface area (Å²) in [6.07, 6.45) is 5.15. The van der Waals surface area contributed by atoms with Gasteiger partial charge in [0.2, 0.25) is 0 Å². The van der Waals surface area contributed by atoms with Crippen LogP contribution in [0.5, 0.6) is 11.5 Å². The van der Waals surface area contributed by atoms with E-state index in [1.165, 1.54) is 25.7 Å². The minimum Gasteiger partial charge on any atom is -0.457 e. The van der Waals surface area contributed by atoms with Gasteiger partial charge < -0.3 is 15.0 Å². The Morgan fingerprint density at radius 1 is 1.04 bits per heavy atom. The summed E-state index contributed by atoms with van der Waals surface area (Å²) in [5, 5.41) is 3.56. The van der Waals surface area contributed by atoms with E-state index in [4.69, 9.17) is 4.74 Å². The Morgan fingerprint density at radius 2 is 1.75 bits per heavy atom. The second kappa shape index (κ2) is 7.39. The average molecular weight is 324 g/mol. The number of hydrogen-bond donors (Lipinski definition) is 1. The second-order valence-corrected chi connectivity index (χ2v) is 6.48. The molecule has 1 saturated carbocycles. The molecule has 1 fully saturated rings. The molecule has 3 rings (SSSR count). The number of hydrogen-bond acceptors (Lipinski definition) is 3. The maximum absolute atomic E-state index is 12.0. The predicted molar refractivity (Wildman–Crippen MR) is 96.9 cm³/mol. The van der Waals surface area contributed by atoms with Crippen LogP contribution in [0.1, 0.15) is 36.0 Å². The molecule has 24 heavy (non-hydrogen) atoms. The van der Waals surface area contributed by atoms with Gasteiger partial charge in [-0.05, 0) is 55.3 Å². The van der Waals surface area contributed by atoms with E-state index < -0.39 is 0 Å². The first-order valence-electron chi connectivity index (χ1n) is 8.48. The lowest BCUT2D eigenvalue weighted by atomic mass is 10.2. The fourth-order valence-corrected chi connectivity index (χ4v) is 3.01. The number of carbonyl (C=O) groups is 1. The van der Waals surface area contributed by atoms with Crippen molar-refractivity contribution in [2.75, 3.05) is 19.4 Å². The number of ether oxygens (including phenoxy) is 1. The summed E-state index contributed by atoms with van der Waals surface area (Å²) >= 11 is 0. The fourth-order valence-electron chi connectivity index (χ4n) is 3.01. The summed E-state index contributed by atoms with van der Waals surface area (Å²) in [5.74, 6) is 1.40. The van der Waals surface area contributed by atoms with Crippen molar-refractivity contribution >= 4 is 11.6 Å². The van der Waals surface area contributed by atoms with E-state index in [9.17, 15) is 4.79 Å². The number of anilines is 1. The van der Waals surface area contributed by atoms with Crippen LogP contribution in [0.15, 0.2) is 48.5 Å². The lowest BCUT2D eigenvalue weighted by Gasteiger charge is -2.14. The highest BCUT2D eigenvalue weighted by Crippen LogP contribution is 2.26. The zero-order valence-electron chi connectivity index (χ0n) is 14.3. The summed E-state index contributed by atoms with van der Waals surface area (Å²) < 4.78 is 5.88. The predicted octanol–water partition coefficient (Wildman–Crippen LogP) is 4.54. The first-order chi connectivity index (χ1) is 11.6. The van der Waals surface area contributed by atoms with Crippen molar-refractivity contribution in [3.63, 3.8) is 0 Å². The highest BCUT2D eigenvalue weighted by molar-refractivity contribution is 5.94. The van der Waals surface area contributed by atoms with Gasteiger partial charge in [0.1, 0.15) is 11.5 Å². The average Bonchev–Trinajstić information content (AvgIpc) is 3.09. The molecule has 0 aliphatic heterocycles. The highest BCUT2D eigenvalue weighted by atomic mass is 16.5. The van der Waals surface area contributed by atoms with Crippen molar-refractivity contribution in [1.29, 1.82) is 0 Å². The van der Waals surface area contributed by atoms with Gasteiger partial charge in [-0.25, -0.2) is 0 Å². The number of nitrogens with one attached hydrogen (secondary N) is 1. The van der Waals surface area contributed by atoms with Crippen LogP contribution in [0.3, 0.4) is 0 Å². The Bertz CT molecular complexity index is 689. The molecule has 1 N–H and O–H groups in total. The van der Waals surface area contributed by atoms with Crippen LogP contribution in [0.4, 0.5) is 5.69 Å². The van der Waals surface area contributed by atoms with E-state index in [0.717, 1.165) is 11.4 Å². The van der Waals surface area contributed by atoms with E-state index in [-0.39, 0.29) is 5.91 Å². The standard InChI is InChI=1S/C20H24N2O2/c1-22(2)20(23)15-6-5-9-19(14-15)24-18-12-10-17(11-13-18)21-16-7-3-4-8-16/h5-6,9-14,16,21H,3-4,7-8H2,1-2H3. The van der Waals surface area contributed by atoms with Crippen LogP contribution in [0.25, 0.3) is 0 Å². The van der Waals surface area contributed by atoms with Gasteiger partial charge in [-0.3, -0.25) is 4.79 Å². The van der Waals surface area contributed by atoms with Crippen molar-refractivity contribution in [3.8, 4) is 11.5 Å². The molecule has 0 bridgehead atoms. The third-order valence-corrected chi connectivity index (χ3v) is 4.30. The van der Waals surface area contributed by atoms with E-state index in [2.05, 4.69) is 5.32 Å². The minimum absolute atomic E-state index is 0.0310. The third kappa shape index (κ3) is 4.07. The molecule has 4 heteroatoms. The Morgan fingerprint density at radius 3 is 2.42 bits per heavy atom. The van der Waals surface area contributed by atoms with Crippen molar-refractivity contribution in [3.05, 3.63) is 54.1 Å². The quantitative estimate of drug-likeness (QED) is 0.878. The minimum atomic E-state index is -0.0310. The second-order valence-electron chi connectivity index (χ2n) is 6.48. The van der Waals surface area contributed by atoms with Crippen molar-refractivity contribution < 1.29 is 9.53 Å². The summed E-state index contributed by atoms with van der Waals surface area (Å²) in [6.45, 7) is 0. The van der Waals surface area contributed by atoms with Crippen molar-refractivity contribution in [2.45, 2.75) is 31.7 Å². The van der Waals surface area contributed by atoms with Gasteiger partial charge in [0.15, 0.2) is 0 Å². The number of carbonyl (C=O) groups excluding carboxylic acids is 1. The molecule has 0 radical (unpaired) electrons. The lowest BCUT2D eigenvalue weighted by molar-refractivity contribution is 0.0827. The zero-order valence-corrected chi connectivity index (χ0v) is 14.3. The molecule has 1 aliphatic carbocycles. The molecule has 0 unspecified atom stereocenters. The van der Waals surface area contributed by atoms with Gasteiger partial charge in [0.25, 0.3) is 5.91 Å². The number of nitrogens with zero attached hydrogens (tertiary/aromatic N) is 1. The van der Waals surface area contributed by atoms with Crippen molar-refractivity contribution in [1.82, 2.24) is 4.90 Å². The monoisotopic (exact) mass is 324 g/mol. The third-order valence-electron chi connectivity index (χ3n) is 4.30. The van der Waals surface area contributed by atoms with E-state index in [1.807, 2.05) is 36.4 Å². The molecule has 2 aromatic carbocycles. The lowest BCUT2D eigenvalue weighted by Crippen LogP contribution is -2.21. The molecule has 4 nitrogen and oxygen atoms in total. The Labute approximate surface area is 143 Å². The number of amides is 1. The normalized spacial score (nSPS) is 14.4. The zero-order chi connectivity index (χ0) is 16.9. The van der Waals surface area contributed by atoms with Gasteiger partial charge in [0, 0.05) is 31.4 Å². The van der Waals surface area contributed by atoms with E-state index in [0.29, 0.717) is 17.4 Å². The largest absolute Gasteiger partial charge is 0.457 e. The molecule has 0 atom stereocenters. The molecule has 1 aliphatic rings. The summed E-state index contributed by atoms with van der Waals surface area (Å²) in [6, 6.07) is 15.9. The Kier molecular flexibility index (Phi) is 5.04. The molecule has 1 amide bonds. The molecule has 126 valence electrons. The summed E-state index contributed by atoms with van der Waals surface area (Å²) in [4.78, 5) is 13.6. The first-order valence-corrected chi connectivity index (χ1v) is 8.48. The Balaban J connectivity index is 1.65. The van der Waals surface area contributed by atoms with Gasteiger partial charge in [-0.2, -0.15) is 0 Å². The number of benzene rings is 2. The SMILES string of the molecule is CN(C)C(=O)c1cccc(Oc2ccc(NC3CCCC3)cc2)c1. The maximum atomic E-state index is 12.0. The van der Waals surface area contributed by atoms with Gasteiger partial charge >= 0.3 is 0 Å². The molecule has 0 aromatic heterocycles. The van der Waals surface area contributed by atoms with Gasteiger partial charge in [0.05, 0.1) is 0 Å². The van der Waals surface area contributed by atoms with Crippen LogP contribution >= 0.6 is 0 Å². The Hall–Kier alpha value is -2.49. The summed E-state index contributed by atoms with van der Waals surface area (Å²) in [7, 11) is 3.48. The topological polar surface area (TPSA) is 41.6 Å². The smallest absolute Gasteiger partial charge is 0.253 e. The van der Waals surface area contributed by atoms with Gasteiger partial charge in [-0.15, -0.1) is 0 Å². The molecule has 2 aromatic rings. The van der Waals surface area contributed by atoms with E-state index >= 15 is 0 Å². The van der Waals surface area contributed by atoms with Gasteiger partial charge in [-0.1, -0.05) is 18.9 Å².